The van der Waals surface area contributed by atoms with Crippen molar-refractivity contribution in [2.75, 3.05) is 25.4 Å². The summed E-state index contributed by atoms with van der Waals surface area (Å²) in [7, 11) is 0. The van der Waals surface area contributed by atoms with E-state index in [4.69, 9.17) is 5.73 Å². The lowest BCUT2D eigenvalue weighted by molar-refractivity contribution is 0.0929. The van der Waals surface area contributed by atoms with Crippen molar-refractivity contribution in [3.63, 3.8) is 0 Å². The lowest BCUT2D eigenvalue weighted by Gasteiger charge is -2.26. The first-order valence-electron chi connectivity index (χ1n) is 8.50. The van der Waals surface area contributed by atoms with Gasteiger partial charge < -0.3 is 16.0 Å². The van der Waals surface area contributed by atoms with E-state index in [-0.39, 0.29) is 11.9 Å². The van der Waals surface area contributed by atoms with Gasteiger partial charge in [0.25, 0.3) is 5.91 Å². The molecule has 120 valence electrons. The van der Waals surface area contributed by atoms with Gasteiger partial charge in [0.1, 0.15) is 0 Å². The Balaban J connectivity index is 1.52. The average Bonchev–Trinajstić information content (AvgIpc) is 2.87. The highest BCUT2D eigenvalue weighted by molar-refractivity contribution is 6.01. The number of nitrogens with two attached hydrogens (primary N) is 1. The van der Waals surface area contributed by atoms with Crippen molar-refractivity contribution in [3.8, 4) is 0 Å². The van der Waals surface area contributed by atoms with E-state index in [0.717, 1.165) is 40.9 Å². The molecule has 1 amide bonds. The fourth-order valence-electron chi connectivity index (χ4n) is 4.02. The predicted octanol–water partition coefficient (Wildman–Crippen LogP) is 2.64. The molecule has 0 radical (unpaired) electrons. The van der Waals surface area contributed by atoms with Gasteiger partial charge in [0.15, 0.2) is 0 Å². The van der Waals surface area contributed by atoms with Crippen LogP contribution in [0.3, 0.4) is 0 Å². The summed E-state index contributed by atoms with van der Waals surface area (Å²) in [5.74, 6) is 0.803. The minimum absolute atomic E-state index is 0.0295. The lowest BCUT2D eigenvalue weighted by atomic mass is 9.94. The molecule has 0 aliphatic carbocycles. The molecule has 0 unspecified atom stereocenters. The maximum atomic E-state index is 12.6. The molecule has 0 saturated carbocycles. The van der Waals surface area contributed by atoms with Crippen molar-refractivity contribution in [1.29, 1.82) is 0 Å². The van der Waals surface area contributed by atoms with E-state index < -0.39 is 0 Å². The van der Waals surface area contributed by atoms with Crippen LogP contribution in [0.2, 0.25) is 0 Å². The normalized spacial score (nSPS) is 26.9. The standard InChI is InChI=1S/C19H23N3O/c20-18-3-1-2-14-11-15(4-5-17(14)18)19(23)21-16-10-13-6-8-22(12-16)9-7-13/h1-5,11,13,16H,6-10,12,20H2,(H,21,23)/t16-/m1/s1. The summed E-state index contributed by atoms with van der Waals surface area (Å²) in [5.41, 5.74) is 7.45. The predicted molar refractivity (Wildman–Crippen MR) is 93.4 cm³/mol. The van der Waals surface area contributed by atoms with Gasteiger partial charge in [-0.2, -0.15) is 0 Å². The van der Waals surface area contributed by atoms with Crippen LogP contribution in [-0.4, -0.2) is 36.5 Å². The van der Waals surface area contributed by atoms with Crippen molar-refractivity contribution in [1.82, 2.24) is 10.2 Å². The third-order valence-corrected chi connectivity index (χ3v) is 5.32. The van der Waals surface area contributed by atoms with Gasteiger partial charge >= 0.3 is 0 Å². The Bertz CT molecular complexity index is 720. The first kappa shape index (κ1) is 14.5. The number of nitrogen functional groups attached to an aromatic ring is 1. The number of piperidine rings is 1. The molecule has 1 atom stereocenters. The highest BCUT2D eigenvalue weighted by Gasteiger charge is 2.29. The fraction of sp³-hybridized carbons (Fsp3) is 0.421. The number of rotatable bonds is 2. The molecule has 4 heteroatoms. The van der Waals surface area contributed by atoms with E-state index >= 15 is 0 Å². The van der Waals surface area contributed by atoms with Crippen LogP contribution in [0.25, 0.3) is 10.8 Å². The van der Waals surface area contributed by atoms with Crippen LogP contribution in [-0.2, 0) is 0 Å². The van der Waals surface area contributed by atoms with Gasteiger partial charge in [-0.15, -0.1) is 0 Å². The summed E-state index contributed by atoms with van der Waals surface area (Å²) in [4.78, 5) is 15.1. The molecule has 2 aromatic rings. The molecule has 2 bridgehead atoms. The number of carbonyl (C=O) groups is 1. The highest BCUT2D eigenvalue weighted by Crippen LogP contribution is 2.27. The topological polar surface area (TPSA) is 58.4 Å². The number of anilines is 1. The van der Waals surface area contributed by atoms with Crippen LogP contribution in [0.1, 0.15) is 29.6 Å². The molecule has 3 fully saturated rings. The van der Waals surface area contributed by atoms with Crippen LogP contribution in [0.5, 0.6) is 0 Å². The van der Waals surface area contributed by atoms with Crippen molar-refractivity contribution < 1.29 is 4.79 Å². The lowest BCUT2D eigenvalue weighted by Crippen LogP contribution is -2.41. The summed E-state index contributed by atoms with van der Waals surface area (Å²) < 4.78 is 0. The van der Waals surface area contributed by atoms with Gasteiger partial charge in [0.05, 0.1) is 0 Å². The van der Waals surface area contributed by atoms with E-state index in [9.17, 15) is 4.79 Å². The Hall–Kier alpha value is -2.07. The first-order chi connectivity index (χ1) is 11.2. The maximum Gasteiger partial charge on any atom is 0.251 e. The summed E-state index contributed by atoms with van der Waals surface area (Å²) in [5, 5.41) is 5.26. The van der Waals surface area contributed by atoms with Gasteiger partial charge in [-0.25, -0.2) is 0 Å². The summed E-state index contributed by atoms with van der Waals surface area (Å²) in [6.07, 6.45) is 3.67. The van der Waals surface area contributed by atoms with Crippen molar-refractivity contribution in [2.24, 2.45) is 5.92 Å². The van der Waals surface area contributed by atoms with Crippen molar-refractivity contribution >= 4 is 22.4 Å². The number of hydrogen-bond donors (Lipinski definition) is 2. The quantitative estimate of drug-likeness (QED) is 0.839. The number of amides is 1. The largest absolute Gasteiger partial charge is 0.398 e. The van der Waals surface area contributed by atoms with E-state index in [2.05, 4.69) is 10.2 Å². The molecule has 3 aliphatic heterocycles. The monoisotopic (exact) mass is 309 g/mol. The van der Waals surface area contributed by atoms with Crippen LogP contribution in [0, 0.1) is 5.92 Å². The Kier molecular flexibility index (Phi) is 3.69. The third kappa shape index (κ3) is 2.91. The molecule has 3 N–H and O–H groups in total. The zero-order valence-electron chi connectivity index (χ0n) is 13.3. The van der Waals surface area contributed by atoms with Crippen molar-refractivity contribution in [3.05, 3.63) is 42.0 Å². The van der Waals surface area contributed by atoms with Gasteiger partial charge in [-0.3, -0.25) is 4.79 Å². The van der Waals surface area contributed by atoms with Crippen LogP contribution in [0.4, 0.5) is 5.69 Å². The van der Waals surface area contributed by atoms with E-state index in [1.807, 2.05) is 36.4 Å². The number of hydrogen-bond acceptors (Lipinski definition) is 3. The second kappa shape index (κ2) is 5.85. The Morgan fingerprint density at radius 3 is 2.83 bits per heavy atom. The fourth-order valence-corrected chi connectivity index (χ4v) is 4.02. The van der Waals surface area contributed by atoms with E-state index in [1.54, 1.807) is 0 Å². The molecule has 3 saturated heterocycles. The Labute approximate surface area is 136 Å². The summed E-state index contributed by atoms with van der Waals surface area (Å²) >= 11 is 0. The molecule has 3 heterocycles. The molecule has 5 rings (SSSR count). The van der Waals surface area contributed by atoms with Crippen molar-refractivity contribution in [2.45, 2.75) is 25.3 Å². The average molecular weight is 309 g/mol. The smallest absolute Gasteiger partial charge is 0.251 e. The minimum atomic E-state index is 0.0295. The number of fused-ring (bicyclic) bond motifs is 5. The third-order valence-electron chi connectivity index (χ3n) is 5.32. The van der Waals surface area contributed by atoms with E-state index in [0.29, 0.717) is 0 Å². The Morgan fingerprint density at radius 1 is 1.17 bits per heavy atom. The molecule has 0 aromatic heterocycles. The SMILES string of the molecule is Nc1cccc2cc(C(=O)N[C@@H]3CC4CCN(CC4)C3)ccc12. The molecular formula is C19H23N3O. The second-order valence-corrected chi connectivity index (χ2v) is 6.93. The number of nitrogens with zero attached hydrogens (tertiary/aromatic N) is 1. The zero-order chi connectivity index (χ0) is 15.8. The number of carbonyl (C=O) groups excluding carboxylic acids is 1. The van der Waals surface area contributed by atoms with Crippen LogP contribution >= 0.6 is 0 Å². The Morgan fingerprint density at radius 2 is 2.00 bits per heavy atom. The summed E-state index contributed by atoms with van der Waals surface area (Å²) in [6.45, 7) is 3.36. The number of nitrogens with one attached hydrogen (secondary N) is 1. The van der Waals surface area contributed by atoms with Gasteiger partial charge in [0.2, 0.25) is 0 Å². The molecular weight excluding hydrogens is 286 g/mol. The minimum Gasteiger partial charge on any atom is -0.398 e. The number of benzene rings is 2. The summed E-state index contributed by atoms with van der Waals surface area (Å²) in [6, 6.07) is 11.8. The first-order valence-corrected chi connectivity index (χ1v) is 8.50. The van der Waals surface area contributed by atoms with Crippen LogP contribution in [0.15, 0.2) is 36.4 Å². The molecule has 4 nitrogen and oxygen atoms in total. The molecule has 3 aliphatic rings. The maximum absolute atomic E-state index is 12.6. The van der Waals surface area contributed by atoms with Gasteiger partial charge in [-0.05, 0) is 61.9 Å². The van der Waals surface area contributed by atoms with Gasteiger partial charge in [0, 0.05) is 29.2 Å². The zero-order valence-corrected chi connectivity index (χ0v) is 13.3. The van der Waals surface area contributed by atoms with Gasteiger partial charge in [-0.1, -0.05) is 18.2 Å². The molecule has 2 aromatic carbocycles. The molecule has 23 heavy (non-hydrogen) atoms. The molecule has 0 spiro atoms. The van der Waals surface area contributed by atoms with E-state index in [1.165, 1.54) is 25.9 Å². The second-order valence-electron chi connectivity index (χ2n) is 6.93. The van der Waals surface area contributed by atoms with Crippen LogP contribution < -0.4 is 11.1 Å². The highest BCUT2D eigenvalue weighted by atomic mass is 16.1.